The van der Waals surface area contributed by atoms with Gasteiger partial charge in [-0.25, -0.2) is 0 Å². The molecule has 26 heavy (non-hydrogen) atoms. The van der Waals surface area contributed by atoms with Gasteiger partial charge in [0.25, 0.3) is 0 Å². The summed E-state index contributed by atoms with van der Waals surface area (Å²) in [7, 11) is 0. The third-order valence-electron chi connectivity index (χ3n) is 4.45. The Morgan fingerprint density at radius 3 is 2.62 bits per heavy atom. The van der Waals surface area contributed by atoms with Crippen molar-refractivity contribution >= 4 is 17.2 Å². The summed E-state index contributed by atoms with van der Waals surface area (Å²) in [4.78, 5) is 0. The smallest absolute Gasteiger partial charge is 0.201 e. The van der Waals surface area contributed by atoms with Gasteiger partial charge in [0, 0.05) is 24.6 Å². The zero-order chi connectivity index (χ0) is 18.5. The number of fused-ring (bicyclic) bond motifs is 1. The zero-order valence-corrected chi connectivity index (χ0v) is 15.9. The highest BCUT2D eigenvalue weighted by Crippen LogP contribution is 2.23. The Bertz CT molecular complexity index is 904. The first-order valence-corrected chi connectivity index (χ1v) is 9.25. The highest BCUT2D eigenvalue weighted by molar-refractivity contribution is 5.70. The lowest BCUT2D eigenvalue weighted by atomic mass is 10.2. The molecule has 2 heterocycles. The van der Waals surface area contributed by atoms with Gasteiger partial charge in [-0.15, -0.1) is 15.3 Å². The van der Waals surface area contributed by atoms with Gasteiger partial charge in [-0.3, -0.25) is 0 Å². The molecule has 0 bridgehead atoms. The standard InChI is InChI=1S/C20H26N6/c1-5-16(6-2)22-18-12-17(21-13-15-10-8-7-9-11-15)20-24-23-19(14(3)4)26(20)25-18/h8,10-12,14,16,21H,5-6,13H2,1-4H3,(H,22,25). The zero-order valence-electron chi connectivity index (χ0n) is 15.9. The van der Waals surface area contributed by atoms with Gasteiger partial charge in [0.05, 0.1) is 5.69 Å². The van der Waals surface area contributed by atoms with E-state index in [2.05, 4.69) is 60.0 Å². The van der Waals surface area contributed by atoms with Crippen molar-refractivity contribution in [3.63, 3.8) is 0 Å². The third kappa shape index (κ3) is 3.88. The van der Waals surface area contributed by atoms with Crippen LogP contribution >= 0.6 is 0 Å². The summed E-state index contributed by atoms with van der Waals surface area (Å²) < 4.78 is 1.85. The average Bonchev–Trinajstić information content (AvgIpc) is 3.09. The molecule has 0 saturated carbocycles. The van der Waals surface area contributed by atoms with Crippen LogP contribution in [0.2, 0.25) is 0 Å². The van der Waals surface area contributed by atoms with Gasteiger partial charge in [0.15, 0.2) is 5.82 Å². The highest BCUT2D eigenvalue weighted by atomic mass is 15.4. The van der Waals surface area contributed by atoms with Crippen LogP contribution in [0.5, 0.6) is 0 Å². The molecule has 2 aromatic heterocycles. The van der Waals surface area contributed by atoms with Crippen molar-refractivity contribution in [2.24, 2.45) is 0 Å². The van der Waals surface area contributed by atoms with Gasteiger partial charge in [0.1, 0.15) is 5.82 Å². The van der Waals surface area contributed by atoms with E-state index in [1.807, 2.05) is 28.8 Å². The molecule has 3 rings (SSSR count). The first-order chi connectivity index (χ1) is 12.6. The fraction of sp³-hybridized carbons (Fsp3) is 0.450. The number of hydrogen-bond acceptors (Lipinski definition) is 5. The van der Waals surface area contributed by atoms with Gasteiger partial charge in [-0.05, 0) is 36.6 Å². The fourth-order valence-corrected chi connectivity index (χ4v) is 2.85. The van der Waals surface area contributed by atoms with Gasteiger partial charge in [-0.2, -0.15) is 4.52 Å². The van der Waals surface area contributed by atoms with E-state index in [9.17, 15) is 0 Å². The van der Waals surface area contributed by atoms with Gasteiger partial charge in [-0.1, -0.05) is 39.2 Å². The Labute approximate surface area is 154 Å². The Hall–Kier alpha value is -2.81. The summed E-state index contributed by atoms with van der Waals surface area (Å²) in [5, 5.41) is 20.4. The number of nitrogens with one attached hydrogen (secondary N) is 2. The molecular formula is C20H26N6. The minimum atomic E-state index is 0.244. The quantitative estimate of drug-likeness (QED) is 0.703. The molecule has 0 aromatic carbocycles. The van der Waals surface area contributed by atoms with Crippen molar-refractivity contribution < 1.29 is 0 Å². The second kappa shape index (κ2) is 8.05. The van der Waals surface area contributed by atoms with Crippen molar-refractivity contribution in [3.8, 4) is 0 Å². The van der Waals surface area contributed by atoms with Crippen molar-refractivity contribution in [1.82, 2.24) is 19.8 Å². The number of anilines is 2. The van der Waals surface area contributed by atoms with Crippen molar-refractivity contribution in [1.29, 1.82) is 0 Å². The van der Waals surface area contributed by atoms with Crippen molar-refractivity contribution in [2.75, 3.05) is 17.2 Å². The summed E-state index contributed by atoms with van der Waals surface area (Å²) in [6, 6.07) is 2.41. The van der Waals surface area contributed by atoms with E-state index < -0.39 is 0 Å². The second-order valence-electron chi connectivity index (χ2n) is 6.74. The number of allylic oxidation sites excluding steroid dienone is 2. The number of aromatic nitrogens is 4. The summed E-state index contributed by atoms with van der Waals surface area (Å²) in [5.41, 5.74) is 8.70. The van der Waals surface area contributed by atoms with Gasteiger partial charge in [0.2, 0.25) is 5.65 Å². The molecule has 1 aliphatic rings. The number of hydrogen-bond donors (Lipinski definition) is 2. The van der Waals surface area contributed by atoms with Crippen LogP contribution in [0.4, 0.5) is 11.5 Å². The molecule has 0 aliphatic heterocycles. The maximum atomic E-state index is 4.74. The topological polar surface area (TPSA) is 67.1 Å². The first kappa shape index (κ1) is 18.0. The lowest BCUT2D eigenvalue weighted by Crippen LogP contribution is -2.19. The normalized spacial score (nSPS) is 13.1. The van der Waals surface area contributed by atoms with E-state index in [0.29, 0.717) is 12.6 Å². The Morgan fingerprint density at radius 2 is 1.96 bits per heavy atom. The largest absolute Gasteiger partial charge is 0.378 e. The minimum Gasteiger partial charge on any atom is -0.378 e. The summed E-state index contributed by atoms with van der Waals surface area (Å²) in [6.07, 6.45) is 7.92. The molecule has 6 heteroatoms. The molecule has 1 aliphatic carbocycles. The molecule has 0 spiro atoms. The van der Waals surface area contributed by atoms with Gasteiger partial charge < -0.3 is 10.6 Å². The van der Waals surface area contributed by atoms with Crippen molar-refractivity contribution in [2.45, 2.75) is 52.5 Å². The Morgan fingerprint density at radius 1 is 1.15 bits per heavy atom. The van der Waals surface area contributed by atoms with Crippen LogP contribution in [-0.2, 0) is 0 Å². The van der Waals surface area contributed by atoms with E-state index in [0.717, 1.165) is 41.4 Å². The third-order valence-corrected chi connectivity index (χ3v) is 4.45. The SMILES string of the molecule is CCC(CC)Nc1cc(NCC2=CC=C=C=C2)c2nnc(C(C)C)n2n1. The monoisotopic (exact) mass is 350 g/mol. The summed E-state index contributed by atoms with van der Waals surface area (Å²) >= 11 is 0. The van der Waals surface area contributed by atoms with Gasteiger partial charge >= 0.3 is 0 Å². The first-order valence-electron chi connectivity index (χ1n) is 9.25. The van der Waals surface area contributed by atoms with Crippen LogP contribution in [-0.4, -0.2) is 32.4 Å². The van der Waals surface area contributed by atoms with Crippen LogP contribution in [0.25, 0.3) is 5.65 Å². The number of nitrogens with zero attached hydrogens (tertiary/aromatic N) is 4. The highest BCUT2D eigenvalue weighted by Gasteiger charge is 2.16. The van der Waals surface area contributed by atoms with E-state index >= 15 is 0 Å². The Kier molecular flexibility index (Phi) is 5.57. The maximum Gasteiger partial charge on any atom is 0.201 e. The molecule has 2 N–H and O–H groups in total. The van der Waals surface area contributed by atoms with Crippen LogP contribution in [0.1, 0.15) is 52.3 Å². The van der Waals surface area contributed by atoms with E-state index in [1.165, 1.54) is 0 Å². The predicted octanol–water partition coefficient (Wildman–Crippen LogP) is 4.07. The predicted molar refractivity (Wildman–Crippen MR) is 106 cm³/mol. The van der Waals surface area contributed by atoms with Crippen LogP contribution < -0.4 is 10.6 Å². The molecule has 0 saturated heterocycles. The lowest BCUT2D eigenvalue weighted by molar-refractivity contribution is 0.661. The minimum absolute atomic E-state index is 0.244. The molecule has 0 unspecified atom stereocenters. The molecular weight excluding hydrogens is 324 g/mol. The molecule has 0 atom stereocenters. The maximum absolute atomic E-state index is 4.74. The molecule has 136 valence electrons. The lowest BCUT2D eigenvalue weighted by Gasteiger charge is -2.17. The van der Waals surface area contributed by atoms with E-state index in [1.54, 1.807) is 0 Å². The molecule has 6 nitrogen and oxygen atoms in total. The summed E-state index contributed by atoms with van der Waals surface area (Å²) in [6.45, 7) is 9.24. The van der Waals surface area contributed by atoms with Crippen molar-refractivity contribution in [3.05, 3.63) is 47.2 Å². The fourth-order valence-electron chi connectivity index (χ4n) is 2.85. The number of rotatable bonds is 8. The molecule has 2 aromatic rings. The van der Waals surface area contributed by atoms with E-state index in [4.69, 9.17) is 5.10 Å². The second-order valence-corrected chi connectivity index (χ2v) is 6.74. The average molecular weight is 350 g/mol. The van der Waals surface area contributed by atoms with E-state index in [-0.39, 0.29) is 5.92 Å². The van der Waals surface area contributed by atoms with Crippen LogP contribution in [0.15, 0.2) is 41.3 Å². The molecule has 0 fully saturated rings. The van der Waals surface area contributed by atoms with Crippen LogP contribution in [0, 0.1) is 0 Å². The molecule has 0 radical (unpaired) electrons. The van der Waals surface area contributed by atoms with Crippen LogP contribution in [0.3, 0.4) is 0 Å². The Balaban J connectivity index is 1.95. The summed E-state index contributed by atoms with van der Waals surface area (Å²) in [5.74, 6) is 1.94. The molecule has 0 amide bonds.